The minimum atomic E-state index is -0.410. The van der Waals surface area contributed by atoms with E-state index in [1.807, 2.05) is 18.2 Å². The Labute approximate surface area is 232 Å². The smallest absolute Gasteiger partial charge is 0.299 e. The van der Waals surface area contributed by atoms with E-state index in [2.05, 4.69) is 20.6 Å². The van der Waals surface area contributed by atoms with E-state index in [0.29, 0.717) is 48.2 Å². The Morgan fingerprint density at radius 1 is 0.975 bits per heavy atom. The number of methoxy groups -OCH3 is 1. The molecule has 1 aliphatic rings. The summed E-state index contributed by atoms with van der Waals surface area (Å²) >= 11 is 0. The first-order valence-electron chi connectivity index (χ1n) is 13.1. The van der Waals surface area contributed by atoms with Crippen molar-refractivity contribution in [2.45, 2.75) is 0 Å². The van der Waals surface area contributed by atoms with Crippen LogP contribution in [0, 0.1) is 0 Å². The van der Waals surface area contributed by atoms with Gasteiger partial charge in [-0.1, -0.05) is 30.3 Å². The Kier molecular flexibility index (Phi) is 8.69. The van der Waals surface area contributed by atoms with E-state index in [1.54, 1.807) is 67.8 Å². The van der Waals surface area contributed by atoms with Gasteiger partial charge in [-0.3, -0.25) is 14.5 Å². The number of hydrogen-bond donors (Lipinski definition) is 2. The minimum Gasteiger partial charge on any atom is -0.497 e. The SMILES string of the molecule is COc1cccc(Oc2cnn(-c3ccccc3)c(=O)c2Nc2cccc(C(=O)NCCN3CCOCC3)c2)c1. The molecule has 1 saturated heterocycles. The Morgan fingerprint density at radius 2 is 1.75 bits per heavy atom. The van der Waals surface area contributed by atoms with Gasteiger partial charge in [-0.05, 0) is 42.5 Å². The Bertz CT molecular complexity index is 1500. The summed E-state index contributed by atoms with van der Waals surface area (Å²) in [5.41, 5.74) is 1.40. The molecule has 10 heteroatoms. The highest BCUT2D eigenvalue weighted by Gasteiger charge is 2.17. The van der Waals surface area contributed by atoms with Crippen LogP contribution in [-0.2, 0) is 4.74 Å². The van der Waals surface area contributed by atoms with E-state index in [1.165, 1.54) is 10.9 Å². The first kappa shape index (κ1) is 26.9. The van der Waals surface area contributed by atoms with E-state index < -0.39 is 5.56 Å². The number of para-hydroxylation sites is 1. The van der Waals surface area contributed by atoms with Gasteiger partial charge >= 0.3 is 0 Å². The number of amides is 1. The maximum Gasteiger partial charge on any atom is 0.299 e. The molecular weight excluding hydrogens is 510 g/mol. The number of ether oxygens (including phenoxy) is 3. The summed E-state index contributed by atoms with van der Waals surface area (Å²) in [6.07, 6.45) is 1.48. The summed E-state index contributed by atoms with van der Waals surface area (Å²) in [7, 11) is 1.57. The van der Waals surface area contributed by atoms with Crippen LogP contribution in [0.2, 0.25) is 0 Å². The number of carbonyl (C=O) groups excluding carboxylic acids is 1. The van der Waals surface area contributed by atoms with Gasteiger partial charge in [0.1, 0.15) is 11.5 Å². The molecule has 2 heterocycles. The van der Waals surface area contributed by atoms with Crippen LogP contribution in [0.15, 0.2) is 89.9 Å². The van der Waals surface area contributed by atoms with Crippen molar-refractivity contribution in [2.24, 2.45) is 0 Å². The van der Waals surface area contributed by atoms with Crippen molar-refractivity contribution in [3.63, 3.8) is 0 Å². The lowest BCUT2D eigenvalue weighted by atomic mass is 10.2. The quantitative estimate of drug-likeness (QED) is 0.312. The van der Waals surface area contributed by atoms with Gasteiger partial charge in [0, 0.05) is 43.5 Å². The van der Waals surface area contributed by atoms with Gasteiger partial charge in [0.2, 0.25) is 0 Å². The molecule has 0 saturated carbocycles. The molecule has 1 aliphatic heterocycles. The van der Waals surface area contributed by atoms with Crippen molar-refractivity contribution in [2.75, 3.05) is 51.8 Å². The number of benzene rings is 3. The third kappa shape index (κ3) is 6.66. The Morgan fingerprint density at radius 3 is 2.55 bits per heavy atom. The molecule has 0 spiro atoms. The molecule has 1 fully saturated rings. The molecule has 2 N–H and O–H groups in total. The molecule has 1 aromatic heterocycles. The minimum absolute atomic E-state index is 0.173. The standard InChI is InChI=1S/C30H31N5O5/c1-38-25-11-6-12-26(20-25)40-27-21-32-35(24-9-3-2-4-10-24)30(37)28(27)33-23-8-5-7-22(19-23)29(36)31-13-14-34-15-17-39-18-16-34/h2-12,19-21,33H,13-18H2,1H3,(H,31,36). The van der Waals surface area contributed by atoms with Crippen molar-refractivity contribution in [1.29, 1.82) is 0 Å². The van der Waals surface area contributed by atoms with Crippen LogP contribution in [0.5, 0.6) is 17.2 Å². The van der Waals surface area contributed by atoms with Crippen molar-refractivity contribution in [3.05, 3.63) is 101 Å². The van der Waals surface area contributed by atoms with E-state index in [4.69, 9.17) is 14.2 Å². The molecule has 0 unspecified atom stereocenters. The van der Waals surface area contributed by atoms with Crippen LogP contribution in [0.1, 0.15) is 10.4 Å². The number of rotatable bonds is 10. The number of anilines is 2. The molecular formula is C30H31N5O5. The van der Waals surface area contributed by atoms with Crippen LogP contribution in [0.25, 0.3) is 5.69 Å². The zero-order valence-corrected chi connectivity index (χ0v) is 22.2. The normalized spacial score (nSPS) is 13.4. The van der Waals surface area contributed by atoms with Gasteiger partial charge in [-0.25, -0.2) is 0 Å². The third-order valence-electron chi connectivity index (χ3n) is 6.42. The second kappa shape index (κ2) is 12.9. The fourth-order valence-corrected chi connectivity index (χ4v) is 4.31. The molecule has 40 heavy (non-hydrogen) atoms. The molecule has 1 amide bonds. The fourth-order valence-electron chi connectivity index (χ4n) is 4.31. The van der Waals surface area contributed by atoms with Gasteiger partial charge < -0.3 is 24.8 Å². The first-order chi connectivity index (χ1) is 19.6. The lowest BCUT2D eigenvalue weighted by molar-refractivity contribution is 0.0383. The number of hydrogen-bond acceptors (Lipinski definition) is 8. The molecule has 4 aromatic rings. The summed E-state index contributed by atoms with van der Waals surface area (Å²) < 4.78 is 18.0. The molecule has 3 aromatic carbocycles. The summed E-state index contributed by atoms with van der Waals surface area (Å²) in [5, 5.41) is 10.5. The van der Waals surface area contributed by atoms with E-state index in [9.17, 15) is 9.59 Å². The zero-order valence-electron chi connectivity index (χ0n) is 22.2. The average Bonchev–Trinajstić information content (AvgIpc) is 3.00. The third-order valence-corrected chi connectivity index (χ3v) is 6.42. The predicted molar refractivity (Wildman–Crippen MR) is 152 cm³/mol. The maximum atomic E-state index is 13.7. The number of carbonyl (C=O) groups is 1. The number of nitrogens with one attached hydrogen (secondary N) is 2. The number of aromatic nitrogens is 2. The van der Waals surface area contributed by atoms with Crippen molar-refractivity contribution in [3.8, 4) is 22.9 Å². The Hall–Kier alpha value is -4.67. The van der Waals surface area contributed by atoms with Crippen molar-refractivity contribution < 1.29 is 19.0 Å². The highest BCUT2D eigenvalue weighted by molar-refractivity contribution is 5.95. The lowest BCUT2D eigenvalue weighted by Gasteiger charge is -2.26. The van der Waals surface area contributed by atoms with Crippen molar-refractivity contribution in [1.82, 2.24) is 20.0 Å². The number of nitrogens with zero attached hydrogens (tertiary/aromatic N) is 3. The fraction of sp³-hybridized carbons (Fsp3) is 0.233. The van der Waals surface area contributed by atoms with Crippen LogP contribution < -0.4 is 25.7 Å². The molecule has 0 bridgehead atoms. The summed E-state index contributed by atoms with van der Waals surface area (Å²) in [6.45, 7) is 4.44. The highest BCUT2D eigenvalue weighted by atomic mass is 16.5. The lowest BCUT2D eigenvalue weighted by Crippen LogP contribution is -2.41. The van der Waals surface area contributed by atoms with Crippen LogP contribution in [0.4, 0.5) is 11.4 Å². The van der Waals surface area contributed by atoms with Gasteiger partial charge in [0.15, 0.2) is 11.4 Å². The van der Waals surface area contributed by atoms with Crippen LogP contribution in [0.3, 0.4) is 0 Å². The van der Waals surface area contributed by atoms with E-state index >= 15 is 0 Å². The van der Waals surface area contributed by atoms with E-state index in [0.717, 1.165) is 19.6 Å². The van der Waals surface area contributed by atoms with Gasteiger partial charge in [0.05, 0.1) is 32.2 Å². The largest absolute Gasteiger partial charge is 0.497 e. The summed E-state index contributed by atoms with van der Waals surface area (Å²) in [6, 6.07) is 23.2. The maximum absolute atomic E-state index is 13.7. The summed E-state index contributed by atoms with van der Waals surface area (Å²) in [5.74, 6) is 1.13. The topological polar surface area (TPSA) is 107 Å². The van der Waals surface area contributed by atoms with Gasteiger partial charge in [0.25, 0.3) is 11.5 Å². The monoisotopic (exact) mass is 541 g/mol. The average molecular weight is 542 g/mol. The van der Waals surface area contributed by atoms with Crippen LogP contribution >= 0.6 is 0 Å². The highest BCUT2D eigenvalue weighted by Crippen LogP contribution is 2.30. The molecule has 206 valence electrons. The molecule has 0 aliphatic carbocycles. The molecule has 5 rings (SSSR count). The molecule has 0 radical (unpaired) electrons. The molecule has 0 atom stereocenters. The second-order valence-electron chi connectivity index (χ2n) is 9.13. The predicted octanol–water partition coefficient (Wildman–Crippen LogP) is 3.84. The van der Waals surface area contributed by atoms with E-state index in [-0.39, 0.29) is 17.3 Å². The van der Waals surface area contributed by atoms with Crippen molar-refractivity contribution >= 4 is 17.3 Å². The molecule has 10 nitrogen and oxygen atoms in total. The van der Waals surface area contributed by atoms with Crippen LogP contribution in [-0.4, -0.2) is 67.1 Å². The zero-order chi connectivity index (χ0) is 27.7. The number of morpholine rings is 1. The Balaban J connectivity index is 1.39. The second-order valence-corrected chi connectivity index (χ2v) is 9.13. The van der Waals surface area contributed by atoms with Gasteiger partial charge in [-0.2, -0.15) is 9.78 Å². The first-order valence-corrected chi connectivity index (χ1v) is 13.1. The summed E-state index contributed by atoms with van der Waals surface area (Å²) in [4.78, 5) is 28.8. The van der Waals surface area contributed by atoms with Gasteiger partial charge in [-0.15, -0.1) is 0 Å².